The first kappa shape index (κ1) is 10.0. The lowest BCUT2D eigenvalue weighted by molar-refractivity contribution is -0.136. The van der Waals surface area contributed by atoms with Crippen LogP contribution in [0.2, 0.25) is 0 Å². The summed E-state index contributed by atoms with van der Waals surface area (Å²) in [5, 5.41) is 2.92. The Hall–Kier alpha value is -1.49. The van der Waals surface area contributed by atoms with Crippen molar-refractivity contribution in [2.24, 2.45) is 0 Å². The van der Waals surface area contributed by atoms with E-state index in [1.807, 2.05) is 12.3 Å². The van der Waals surface area contributed by atoms with Crippen molar-refractivity contribution in [3.63, 3.8) is 0 Å². The first-order chi connectivity index (χ1) is 7.16. The number of hydrogen-bond acceptors (Lipinski definition) is 4. The molecule has 0 unspecified atom stereocenters. The molecule has 2 rings (SSSR count). The van der Waals surface area contributed by atoms with Crippen molar-refractivity contribution in [1.82, 2.24) is 9.88 Å². The molecule has 5 heteroatoms. The normalized spacial score (nSPS) is 15.4. The van der Waals surface area contributed by atoms with Gasteiger partial charge in [-0.2, -0.15) is 0 Å². The molecule has 0 aromatic carbocycles. The molecule has 1 aliphatic rings. The van der Waals surface area contributed by atoms with Crippen LogP contribution in [0, 0.1) is 6.92 Å². The number of hydrogen-bond donors (Lipinski definition) is 0. The summed E-state index contributed by atoms with van der Waals surface area (Å²) in [5.74, 6) is -0.457. The third-order valence-corrected chi connectivity index (χ3v) is 3.14. The SMILES string of the molecule is Cc1csc(CCN2C(=O)C=CC2=O)n1. The minimum atomic E-state index is -0.228. The molecule has 2 heterocycles. The van der Waals surface area contributed by atoms with Gasteiger partial charge in [-0.25, -0.2) is 4.98 Å². The van der Waals surface area contributed by atoms with Gasteiger partial charge in [-0.05, 0) is 6.92 Å². The molecule has 15 heavy (non-hydrogen) atoms. The minimum absolute atomic E-state index is 0.228. The number of imide groups is 1. The lowest BCUT2D eigenvalue weighted by Crippen LogP contribution is -2.31. The fourth-order valence-electron chi connectivity index (χ4n) is 1.38. The van der Waals surface area contributed by atoms with Crippen molar-refractivity contribution in [2.45, 2.75) is 13.3 Å². The monoisotopic (exact) mass is 222 g/mol. The first-order valence-corrected chi connectivity index (χ1v) is 5.49. The molecule has 1 aliphatic heterocycles. The van der Waals surface area contributed by atoms with E-state index in [1.165, 1.54) is 17.1 Å². The van der Waals surface area contributed by atoms with Gasteiger partial charge in [0.1, 0.15) is 0 Å². The molecule has 4 nitrogen and oxygen atoms in total. The zero-order valence-corrected chi connectivity index (χ0v) is 9.08. The summed E-state index contributed by atoms with van der Waals surface area (Å²) in [4.78, 5) is 27.9. The number of rotatable bonds is 3. The molecular formula is C10H10N2O2S. The first-order valence-electron chi connectivity index (χ1n) is 4.61. The molecular weight excluding hydrogens is 212 g/mol. The number of carbonyl (C=O) groups excluding carboxylic acids is 2. The quantitative estimate of drug-likeness (QED) is 0.714. The van der Waals surface area contributed by atoms with Gasteiger partial charge in [0.2, 0.25) is 0 Å². The van der Waals surface area contributed by atoms with Gasteiger partial charge >= 0.3 is 0 Å². The highest BCUT2D eigenvalue weighted by Gasteiger charge is 2.22. The summed E-state index contributed by atoms with van der Waals surface area (Å²) in [6.07, 6.45) is 3.24. The van der Waals surface area contributed by atoms with Gasteiger partial charge in [-0.15, -0.1) is 11.3 Å². The minimum Gasteiger partial charge on any atom is -0.275 e. The predicted octanol–water partition coefficient (Wildman–Crippen LogP) is 0.919. The lowest BCUT2D eigenvalue weighted by atomic mass is 10.4. The summed E-state index contributed by atoms with van der Waals surface area (Å²) in [7, 11) is 0. The maximum Gasteiger partial charge on any atom is 0.253 e. The summed E-state index contributed by atoms with van der Waals surface area (Å²) >= 11 is 1.55. The van der Waals surface area contributed by atoms with Gasteiger partial charge in [0, 0.05) is 36.2 Å². The Kier molecular flexibility index (Phi) is 2.64. The number of nitrogens with zero attached hydrogens (tertiary/aromatic N) is 2. The van der Waals surface area contributed by atoms with Crippen LogP contribution in [-0.2, 0) is 16.0 Å². The van der Waals surface area contributed by atoms with E-state index in [4.69, 9.17) is 0 Å². The van der Waals surface area contributed by atoms with E-state index < -0.39 is 0 Å². The van der Waals surface area contributed by atoms with Gasteiger partial charge < -0.3 is 0 Å². The smallest absolute Gasteiger partial charge is 0.253 e. The number of thiazole rings is 1. The Labute approximate surface area is 91.2 Å². The van der Waals surface area contributed by atoms with Gasteiger partial charge in [0.25, 0.3) is 11.8 Å². The van der Waals surface area contributed by atoms with Crippen LogP contribution in [0.1, 0.15) is 10.7 Å². The number of amides is 2. The second-order valence-corrected chi connectivity index (χ2v) is 4.24. The molecule has 0 saturated heterocycles. The molecule has 0 saturated carbocycles. The summed E-state index contributed by atoms with van der Waals surface area (Å²) < 4.78 is 0. The Balaban J connectivity index is 1.94. The molecule has 2 amide bonds. The highest BCUT2D eigenvalue weighted by Crippen LogP contribution is 2.11. The van der Waals surface area contributed by atoms with E-state index in [9.17, 15) is 9.59 Å². The Morgan fingerprint density at radius 3 is 2.53 bits per heavy atom. The van der Waals surface area contributed by atoms with Crippen LogP contribution in [0.25, 0.3) is 0 Å². The zero-order valence-electron chi connectivity index (χ0n) is 8.27. The Morgan fingerprint density at radius 1 is 1.33 bits per heavy atom. The van der Waals surface area contributed by atoms with Crippen molar-refractivity contribution in [1.29, 1.82) is 0 Å². The van der Waals surface area contributed by atoms with Crippen molar-refractivity contribution < 1.29 is 9.59 Å². The predicted molar refractivity (Wildman–Crippen MR) is 56.4 cm³/mol. The molecule has 1 aromatic rings. The average molecular weight is 222 g/mol. The molecule has 0 radical (unpaired) electrons. The molecule has 0 bridgehead atoms. The molecule has 0 N–H and O–H groups in total. The van der Waals surface area contributed by atoms with Crippen molar-refractivity contribution >= 4 is 23.2 Å². The van der Waals surface area contributed by atoms with Gasteiger partial charge in [-0.1, -0.05) is 0 Å². The van der Waals surface area contributed by atoms with E-state index in [0.29, 0.717) is 13.0 Å². The fourth-order valence-corrected chi connectivity index (χ4v) is 2.14. The second kappa shape index (κ2) is 3.94. The highest BCUT2D eigenvalue weighted by atomic mass is 32.1. The van der Waals surface area contributed by atoms with Crippen LogP contribution < -0.4 is 0 Å². The molecule has 0 spiro atoms. The number of aromatic nitrogens is 1. The van der Waals surface area contributed by atoms with Crippen LogP contribution in [0.5, 0.6) is 0 Å². The maximum atomic E-state index is 11.2. The summed E-state index contributed by atoms with van der Waals surface area (Å²) in [6, 6.07) is 0. The summed E-state index contributed by atoms with van der Waals surface area (Å²) in [6.45, 7) is 2.34. The van der Waals surface area contributed by atoms with Gasteiger partial charge in [-0.3, -0.25) is 14.5 Å². The van der Waals surface area contributed by atoms with Crippen molar-refractivity contribution in [3.05, 3.63) is 28.2 Å². The topological polar surface area (TPSA) is 50.3 Å². The molecule has 0 fully saturated rings. The van der Waals surface area contributed by atoms with Crippen LogP contribution in [0.15, 0.2) is 17.5 Å². The fraction of sp³-hybridized carbons (Fsp3) is 0.300. The van der Waals surface area contributed by atoms with Gasteiger partial charge in [0.15, 0.2) is 0 Å². The lowest BCUT2D eigenvalue weighted by Gasteiger charge is -2.11. The average Bonchev–Trinajstić information content (AvgIpc) is 2.73. The highest BCUT2D eigenvalue weighted by molar-refractivity contribution is 7.09. The molecule has 0 aliphatic carbocycles. The summed E-state index contributed by atoms with van der Waals surface area (Å²) in [5.41, 5.74) is 0.979. The van der Waals surface area contributed by atoms with Crippen LogP contribution in [-0.4, -0.2) is 28.2 Å². The maximum absolute atomic E-state index is 11.2. The van der Waals surface area contributed by atoms with E-state index in [0.717, 1.165) is 10.7 Å². The third kappa shape index (κ3) is 2.12. The zero-order chi connectivity index (χ0) is 10.8. The van der Waals surface area contributed by atoms with E-state index in [2.05, 4.69) is 4.98 Å². The molecule has 1 aromatic heterocycles. The number of aryl methyl sites for hydroxylation is 1. The largest absolute Gasteiger partial charge is 0.275 e. The third-order valence-electron chi connectivity index (χ3n) is 2.12. The Morgan fingerprint density at radius 2 is 2.00 bits per heavy atom. The molecule has 0 atom stereocenters. The second-order valence-electron chi connectivity index (χ2n) is 3.29. The van der Waals surface area contributed by atoms with Crippen LogP contribution >= 0.6 is 11.3 Å². The van der Waals surface area contributed by atoms with Crippen molar-refractivity contribution in [3.8, 4) is 0 Å². The molecule has 78 valence electrons. The standard InChI is InChI=1S/C10H10N2O2S/c1-7-6-15-8(11-7)4-5-12-9(13)2-3-10(12)14/h2-3,6H,4-5H2,1H3. The van der Waals surface area contributed by atoms with Crippen molar-refractivity contribution in [2.75, 3.05) is 6.54 Å². The van der Waals surface area contributed by atoms with E-state index in [-0.39, 0.29) is 11.8 Å². The van der Waals surface area contributed by atoms with E-state index >= 15 is 0 Å². The number of carbonyl (C=O) groups is 2. The van der Waals surface area contributed by atoms with E-state index in [1.54, 1.807) is 11.3 Å². The Bertz CT molecular complexity index is 418. The van der Waals surface area contributed by atoms with Gasteiger partial charge in [0.05, 0.1) is 5.01 Å². The van der Waals surface area contributed by atoms with Crippen LogP contribution in [0.4, 0.5) is 0 Å². The van der Waals surface area contributed by atoms with Crippen LogP contribution in [0.3, 0.4) is 0 Å².